The van der Waals surface area contributed by atoms with Crippen LogP contribution in [0.4, 0.5) is 10.6 Å². The van der Waals surface area contributed by atoms with Crippen molar-refractivity contribution >= 4 is 38.7 Å². The molecule has 1 amide bonds. The number of hydrogen-bond donors (Lipinski definition) is 0. The van der Waals surface area contributed by atoms with Crippen LogP contribution in [-0.4, -0.2) is 96.6 Å². The Kier molecular flexibility index (Phi) is 8.01. The van der Waals surface area contributed by atoms with Crippen LogP contribution < -0.4 is 19.1 Å². The minimum absolute atomic E-state index is 0.0133. The quantitative estimate of drug-likeness (QED) is 0.439. The van der Waals surface area contributed by atoms with Crippen molar-refractivity contribution in [3.8, 4) is 17.5 Å². The van der Waals surface area contributed by atoms with Crippen molar-refractivity contribution in [2.45, 2.75) is 77.2 Å². The Morgan fingerprint density at radius 2 is 1.92 bits per heavy atom. The van der Waals surface area contributed by atoms with Gasteiger partial charge in [-0.15, -0.1) is 0 Å². The van der Waals surface area contributed by atoms with E-state index in [9.17, 15) is 4.79 Å². The molecule has 3 fully saturated rings. The van der Waals surface area contributed by atoms with Crippen molar-refractivity contribution in [2.75, 3.05) is 51.8 Å². The second-order valence-electron chi connectivity index (χ2n) is 11.8. The molecule has 1 aromatic heterocycles. The summed E-state index contributed by atoms with van der Waals surface area (Å²) in [5, 5.41) is 0.827. The van der Waals surface area contributed by atoms with E-state index in [1.165, 1.54) is 6.42 Å². The number of halogens is 1. The third-order valence-corrected chi connectivity index (χ3v) is 8.22. The maximum atomic E-state index is 12.8. The fourth-order valence-electron chi connectivity index (χ4n) is 5.17. The molecule has 2 atom stereocenters. The number of anilines is 1. The van der Waals surface area contributed by atoms with Crippen LogP contribution >= 0.6 is 15.9 Å². The number of aromatic nitrogens is 2. The van der Waals surface area contributed by atoms with Crippen LogP contribution in [0.25, 0.3) is 10.9 Å². The average Bonchev–Trinajstić information content (AvgIpc) is 3.61. The van der Waals surface area contributed by atoms with Crippen molar-refractivity contribution in [3.05, 3.63) is 10.5 Å². The molecular formula is C28H40BrN5O5. The normalized spacial score (nSPS) is 22.3. The van der Waals surface area contributed by atoms with Crippen molar-refractivity contribution in [1.82, 2.24) is 19.8 Å². The Hall–Kier alpha value is -2.53. The number of likely N-dealkylation sites (N-methyl/N-ethyl adjacent to an activating group) is 1. The van der Waals surface area contributed by atoms with Gasteiger partial charge in [-0.05, 0) is 89.0 Å². The van der Waals surface area contributed by atoms with Gasteiger partial charge >= 0.3 is 12.1 Å². The summed E-state index contributed by atoms with van der Waals surface area (Å²) in [5.41, 5.74) is 0.151. The number of hydrogen-bond acceptors (Lipinski definition) is 9. The van der Waals surface area contributed by atoms with Gasteiger partial charge in [0, 0.05) is 31.7 Å². The van der Waals surface area contributed by atoms with Crippen LogP contribution in [0.2, 0.25) is 0 Å². The number of likely N-dealkylation sites (tertiary alicyclic amines) is 1. The van der Waals surface area contributed by atoms with E-state index >= 15 is 0 Å². The predicted molar refractivity (Wildman–Crippen MR) is 153 cm³/mol. The summed E-state index contributed by atoms with van der Waals surface area (Å²) in [4.78, 5) is 28.9. The first-order valence-electron chi connectivity index (χ1n) is 13.9. The van der Waals surface area contributed by atoms with Gasteiger partial charge < -0.3 is 33.6 Å². The molecule has 0 N–H and O–H groups in total. The molecule has 39 heavy (non-hydrogen) atoms. The first-order valence-corrected chi connectivity index (χ1v) is 14.7. The average molecular weight is 607 g/mol. The molecule has 214 valence electrons. The third-order valence-electron chi connectivity index (χ3n) is 7.47. The fourth-order valence-corrected chi connectivity index (χ4v) is 5.73. The predicted octanol–water partition coefficient (Wildman–Crippen LogP) is 4.86. The zero-order chi connectivity index (χ0) is 27.9. The molecule has 1 aromatic carbocycles. The molecule has 2 saturated heterocycles. The van der Waals surface area contributed by atoms with E-state index in [2.05, 4.69) is 39.7 Å². The van der Waals surface area contributed by atoms with E-state index in [0.717, 1.165) is 41.5 Å². The highest BCUT2D eigenvalue weighted by Crippen LogP contribution is 2.45. The van der Waals surface area contributed by atoms with Crippen LogP contribution in [0.15, 0.2) is 10.5 Å². The van der Waals surface area contributed by atoms with Gasteiger partial charge in [-0.25, -0.2) is 4.79 Å². The number of amides is 1. The number of ether oxygens (including phenoxy) is 4. The number of rotatable bonds is 7. The summed E-state index contributed by atoms with van der Waals surface area (Å²) in [7, 11) is 3.77. The van der Waals surface area contributed by atoms with Crippen LogP contribution in [0.3, 0.4) is 0 Å². The smallest absolute Gasteiger partial charge is 0.410 e. The molecule has 1 saturated carbocycles. The number of carbonyl (C=O) groups is 1. The highest BCUT2D eigenvalue weighted by Gasteiger charge is 2.34. The molecule has 3 heterocycles. The number of piperazine rings is 1. The summed E-state index contributed by atoms with van der Waals surface area (Å²) in [6.45, 7) is 11.0. The van der Waals surface area contributed by atoms with E-state index in [1.54, 1.807) is 12.0 Å². The maximum absolute atomic E-state index is 12.8. The Bertz CT molecular complexity index is 1220. The number of methoxy groups -OCH3 is 1. The van der Waals surface area contributed by atoms with Gasteiger partial charge in [-0.3, -0.25) is 0 Å². The van der Waals surface area contributed by atoms with Gasteiger partial charge in [-0.1, -0.05) is 0 Å². The molecule has 2 aliphatic heterocycles. The summed E-state index contributed by atoms with van der Waals surface area (Å²) in [6.07, 6.45) is 4.17. The first kappa shape index (κ1) is 28.0. The molecule has 0 bridgehead atoms. The number of fused-ring (bicyclic) bond motifs is 1. The SMILES string of the molecule is COc1cc2c(N3CCN(C(=O)OC(C)(C)C)C[C@@H]3C)nc(OC[C@@H]3CCCN3C)nc2c(OC2CC2)c1Br. The zero-order valence-electron chi connectivity index (χ0n) is 23.8. The van der Waals surface area contributed by atoms with Gasteiger partial charge in [0.25, 0.3) is 0 Å². The minimum Gasteiger partial charge on any atom is -0.495 e. The topological polar surface area (TPSA) is 89.5 Å². The number of nitrogens with zero attached hydrogens (tertiary/aromatic N) is 5. The first-order chi connectivity index (χ1) is 18.5. The van der Waals surface area contributed by atoms with E-state index < -0.39 is 5.60 Å². The lowest BCUT2D eigenvalue weighted by atomic mass is 10.1. The van der Waals surface area contributed by atoms with Crippen LogP contribution in [0.5, 0.6) is 17.5 Å². The number of benzene rings is 1. The molecule has 3 aliphatic rings. The lowest BCUT2D eigenvalue weighted by Crippen LogP contribution is -2.54. The lowest BCUT2D eigenvalue weighted by Gasteiger charge is -2.41. The van der Waals surface area contributed by atoms with Gasteiger partial charge in [-0.2, -0.15) is 9.97 Å². The third kappa shape index (κ3) is 6.29. The highest BCUT2D eigenvalue weighted by molar-refractivity contribution is 9.10. The molecule has 5 rings (SSSR count). The van der Waals surface area contributed by atoms with Crippen molar-refractivity contribution in [2.24, 2.45) is 0 Å². The molecule has 10 nitrogen and oxygen atoms in total. The molecule has 0 radical (unpaired) electrons. The van der Waals surface area contributed by atoms with Crippen LogP contribution in [0.1, 0.15) is 53.4 Å². The molecule has 1 aliphatic carbocycles. The van der Waals surface area contributed by atoms with Gasteiger partial charge in [0.2, 0.25) is 0 Å². The monoisotopic (exact) mass is 605 g/mol. The Labute approximate surface area is 239 Å². The van der Waals surface area contributed by atoms with Crippen molar-refractivity contribution in [3.63, 3.8) is 0 Å². The summed E-state index contributed by atoms with van der Waals surface area (Å²) in [6, 6.07) is 2.61. The van der Waals surface area contributed by atoms with E-state index in [-0.39, 0.29) is 18.2 Å². The fraction of sp³-hybridized carbons (Fsp3) is 0.679. The Morgan fingerprint density at radius 1 is 1.15 bits per heavy atom. The van der Waals surface area contributed by atoms with E-state index in [1.807, 2.05) is 26.8 Å². The van der Waals surface area contributed by atoms with E-state index in [0.29, 0.717) is 55.3 Å². The number of carbonyl (C=O) groups excluding carboxylic acids is 1. The Morgan fingerprint density at radius 3 is 2.54 bits per heavy atom. The van der Waals surface area contributed by atoms with Gasteiger partial charge in [0.1, 0.15) is 33.8 Å². The molecule has 0 spiro atoms. The second kappa shape index (κ2) is 11.2. The van der Waals surface area contributed by atoms with Crippen molar-refractivity contribution < 1.29 is 23.7 Å². The largest absolute Gasteiger partial charge is 0.495 e. The van der Waals surface area contributed by atoms with Gasteiger partial charge in [0.05, 0.1) is 18.6 Å². The van der Waals surface area contributed by atoms with Crippen LogP contribution in [0, 0.1) is 0 Å². The molecule has 2 aromatic rings. The Balaban J connectivity index is 1.51. The maximum Gasteiger partial charge on any atom is 0.410 e. The minimum atomic E-state index is -0.540. The zero-order valence-corrected chi connectivity index (χ0v) is 25.4. The molecular weight excluding hydrogens is 566 g/mol. The molecule has 0 unspecified atom stereocenters. The lowest BCUT2D eigenvalue weighted by molar-refractivity contribution is 0.0218. The summed E-state index contributed by atoms with van der Waals surface area (Å²) < 4.78 is 24.7. The standard InChI is InChI=1S/C28H40BrN5O5/c1-17-15-33(27(35)39-28(2,3)4)12-13-34(17)25-20-14-21(36-6)22(29)24(38-19-9-10-19)23(20)30-26(31-25)37-16-18-8-7-11-32(18)5/h14,17-19H,7-13,15-16H2,1-6H3/t17-,18-/m0/s1. The second-order valence-corrected chi connectivity index (χ2v) is 12.6. The molecule has 11 heteroatoms. The van der Waals surface area contributed by atoms with E-state index in [4.69, 9.17) is 28.9 Å². The summed E-state index contributed by atoms with van der Waals surface area (Å²) >= 11 is 3.69. The van der Waals surface area contributed by atoms with Crippen molar-refractivity contribution in [1.29, 1.82) is 0 Å². The summed E-state index contributed by atoms with van der Waals surface area (Å²) in [5.74, 6) is 2.06. The highest BCUT2D eigenvalue weighted by atomic mass is 79.9. The van der Waals surface area contributed by atoms with Gasteiger partial charge in [0.15, 0.2) is 5.75 Å². The van der Waals surface area contributed by atoms with Crippen LogP contribution in [-0.2, 0) is 4.74 Å².